The van der Waals surface area contributed by atoms with Gasteiger partial charge in [-0.3, -0.25) is 0 Å². The molecule has 0 bridgehead atoms. The van der Waals surface area contributed by atoms with E-state index < -0.39 is 25.9 Å². The third-order valence-electron chi connectivity index (χ3n) is 4.37. The molecule has 26 heavy (non-hydrogen) atoms. The molecular formula is C18H18N2O4S2. The second-order valence-electron chi connectivity index (χ2n) is 6.23. The first-order valence-corrected chi connectivity index (χ1v) is 11.3. The molecule has 6 nitrogen and oxygen atoms in total. The summed E-state index contributed by atoms with van der Waals surface area (Å²) in [5.41, 5.74) is 1.02. The molecule has 136 valence electrons. The maximum atomic E-state index is 13.2. The molecule has 0 aliphatic carbocycles. The molecule has 2 aromatic rings. The second-order valence-corrected chi connectivity index (χ2v) is 10.4. The summed E-state index contributed by atoms with van der Waals surface area (Å²) in [5, 5.41) is 9.04. The summed E-state index contributed by atoms with van der Waals surface area (Å²) in [7, 11) is -7.19. The Hall–Kier alpha value is -2.21. The molecule has 2 aromatic carbocycles. The van der Waals surface area contributed by atoms with Gasteiger partial charge in [-0.25, -0.2) is 16.8 Å². The number of sulfonamides is 1. The third-order valence-corrected chi connectivity index (χ3v) is 8.01. The lowest BCUT2D eigenvalue weighted by molar-refractivity contribution is 0.334. The van der Waals surface area contributed by atoms with E-state index in [-0.39, 0.29) is 34.9 Å². The van der Waals surface area contributed by atoms with E-state index in [1.807, 2.05) is 24.3 Å². The molecule has 0 aromatic heterocycles. The lowest BCUT2D eigenvalue weighted by Gasteiger charge is -2.27. The zero-order valence-corrected chi connectivity index (χ0v) is 15.6. The van der Waals surface area contributed by atoms with Crippen molar-refractivity contribution in [1.29, 1.82) is 5.26 Å². The van der Waals surface area contributed by atoms with Gasteiger partial charge in [0.15, 0.2) is 9.84 Å². The van der Waals surface area contributed by atoms with E-state index in [1.54, 1.807) is 12.1 Å². The molecule has 1 aliphatic heterocycles. The van der Waals surface area contributed by atoms with Crippen LogP contribution in [0.5, 0.6) is 0 Å². The normalized spacial score (nSPS) is 19.3. The predicted octanol–water partition coefficient (Wildman–Crippen LogP) is 1.94. The zero-order chi connectivity index (χ0) is 18.8. The largest absolute Gasteiger partial charge is 0.243 e. The number of hydrogen-bond donors (Lipinski definition) is 0. The molecule has 1 aliphatic rings. The smallest absolute Gasteiger partial charge is 0.229 e. The van der Waals surface area contributed by atoms with E-state index in [0.29, 0.717) is 0 Å². The minimum Gasteiger partial charge on any atom is -0.229 e. The van der Waals surface area contributed by atoms with Crippen molar-refractivity contribution in [2.24, 2.45) is 0 Å². The van der Waals surface area contributed by atoms with Gasteiger partial charge >= 0.3 is 0 Å². The quantitative estimate of drug-likeness (QED) is 0.777. The monoisotopic (exact) mass is 390 g/mol. The first kappa shape index (κ1) is 18.6. The Morgan fingerprint density at radius 3 is 2.46 bits per heavy atom. The molecule has 3 rings (SSSR count). The van der Waals surface area contributed by atoms with Crippen molar-refractivity contribution in [1.82, 2.24) is 4.31 Å². The molecule has 1 heterocycles. The lowest BCUT2D eigenvalue weighted by Crippen LogP contribution is -2.40. The van der Waals surface area contributed by atoms with Crippen LogP contribution in [0.1, 0.15) is 17.5 Å². The first-order valence-electron chi connectivity index (χ1n) is 8.08. The van der Waals surface area contributed by atoms with E-state index in [2.05, 4.69) is 0 Å². The lowest BCUT2D eigenvalue weighted by atomic mass is 10.2. The van der Waals surface area contributed by atoms with Gasteiger partial charge in [0.25, 0.3) is 0 Å². The Morgan fingerprint density at radius 1 is 1.12 bits per heavy atom. The molecule has 8 heteroatoms. The van der Waals surface area contributed by atoms with E-state index >= 15 is 0 Å². The summed E-state index contributed by atoms with van der Waals surface area (Å²) in [6.07, 6.45) is 0.270. The van der Waals surface area contributed by atoms with Crippen molar-refractivity contribution in [2.45, 2.75) is 23.9 Å². The fraction of sp³-hybridized carbons (Fsp3) is 0.278. The van der Waals surface area contributed by atoms with Crippen LogP contribution in [0.25, 0.3) is 0 Å². The summed E-state index contributed by atoms with van der Waals surface area (Å²) in [5.74, 6) is -0.201. The maximum absolute atomic E-state index is 13.2. The topological polar surface area (TPSA) is 95.3 Å². The highest BCUT2D eigenvalue weighted by Gasteiger charge is 2.38. The van der Waals surface area contributed by atoms with Crippen molar-refractivity contribution >= 4 is 19.9 Å². The molecule has 1 atom stereocenters. The van der Waals surface area contributed by atoms with Crippen molar-refractivity contribution in [2.75, 3.05) is 11.5 Å². The minimum atomic E-state index is -3.95. The number of benzene rings is 2. The van der Waals surface area contributed by atoms with Gasteiger partial charge in [0, 0.05) is 12.6 Å². The number of nitriles is 1. The fourth-order valence-electron chi connectivity index (χ4n) is 3.04. The first-order chi connectivity index (χ1) is 12.3. The Balaban J connectivity index is 2.02. The van der Waals surface area contributed by atoms with Gasteiger partial charge < -0.3 is 0 Å². The molecule has 0 amide bonds. The van der Waals surface area contributed by atoms with E-state index in [4.69, 9.17) is 5.26 Å². The number of sulfone groups is 1. The van der Waals surface area contributed by atoms with Crippen molar-refractivity contribution in [3.05, 3.63) is 65.7 Å². The molecule has 0 saturated carbocycles. The second kappa shape index (κ2) is 7.19. The summed E-state index contributed by atoms with van der Waals surface area (Å²) in [4.78, 5) is -0.00298. The average Bonchev–Trinajstić information content (AvgIpc) is 3.00. The molecule has 1 fully saturated rings. The Labute approximate surface area is 153 Å². The van der Waals surface area contributed by atoms with E-state index in [0.717, 1.165) is 5.56 Å². The molecule has 0 spiro atoms. The molecule has 0 unspecified atom stereocenters. The van der Waals surface area contributed by atoms with E-state index in [9.17, 15) is 16.8 Å². The van der Waals surface area contributed by atoms with Crippen LogP contribution in [0.2, 0.25) is 0 Å². The van der Waals surface area contributed by atoms with Gasteiger partial charge in [-0.15, -0.1) is 0 Å². The van der Waals surface area contributed by atoms with Crippen LogP contribution in [-0.2, 0) is 26.4 Å². The molecular weight excluding hydrogens is 372 g/mol. The van der Waals surface area contributed by atoms with Gasteiger partial charge in [0.05, 0.1) is 28.0 Å². The zero-order valence-electron chi connectivity index (χ0n) is 13.9. The van der Waals surface area contributed by atoms with E-state index in [1.165, 1.54) is 28.6 Å². The van der Waals surface area contributed by atoms with Crippen molar-refractivity contribution < 1.29 is 16.8 Å². The number of hydrogen-bond acceptors (Lipinski definition) is 5. The van der Waals surface area contributed by atoms with Crippen molar-refractivity contribution in [3.8, 4) is 6.07 Å². The van der Waals surface area contributed by atoms with Gasteiger partial charge in [0.1, 0.15) is 0 Å². The minimum absolute atomic E-state index is 0.00298. The van der Waals surface area contributed by atoms with Crippen LogP contribution < -0.4 is 0 Å². The average molecular weight is 390 g/mol. The van der Waals surface area contributed by atoms with Crippen LogP contribution in [-0.4, -0.2) is 38.7 Å². The summed E-state index contributed by atoms with van der Waals surface area (Å²) < 4.78 is 51.5. The predicted molar refractivity (Wildman–Crippen MR) is 97.4 cm³/mol. The van der Waals surface area contributed by atoms with Gasteiger partial charge in [0.2, 0.25) is 10.0 Å². The Morgan fingerprint density at radius 2 is 1.85 bits per heavy atom. The van der Waals surface area contributed by atoms with Crippen LogP contribution in [0.3, 0.4) is 0 Å². The van der Waals surface area contributed by atoms with Gasteiger partial charge in [-0.2, -0.15) is 9.57 Å². The maximum Gasteiger partial charge on any atom is 0.243 e. The van der Waals surface area contributed by atoms with Gasteiger partial charge in [-0.1, -0.05) is 36.4 Å². The third kappa shape index (κ3) is 3.96. The molecule has 0 radical (unpaired) electrons. The number of nitrogens with zero attached hydrogens (tertiary/aromatic N) is 2. The molecule has 0 N–H and O–H groups in total. The summed E-state index contributed by atoms with van der Waals surface area (Å²) in [6.45, 7) is 0.0835. The Kier molecular flexibility index (Phi) is 5.14. The summed E-state index contributed by atoms with van der Waals surface area (Å²) in [6, 6.07) is 16.2. The van der Waals surface area contributed by atoms with Crippen LogP contribution in [0, 0.1) is 11.3 Å². The SMILES string of the molecule is N#Cc1cccc(S(=O)(=O)N(Cc2ccccc2)[C@@H]2CCS(=O)(=O)C2)c1. The standard InChI is InChI=1S/C18H18N2O4S2/c19-12-16-7-4-8-18(11-16)26(23,24)20(13-15-5-2-1-3-6-15)17-9-10-25(21,22)14-17/h1-8,11,17H,9-10,13-14H2/t17-/m1/s1. The fourth-order valence-corrected chi connectivity index (χ4v) is 6.55. The molecule has 1 saturated heterocycles. The van der Waals surface area contributed by atoms with Gasteiger partial charge in [-0.05, 0) is 30.2 Å². The van der Waals surface area contributed by atoms with Crippen LogP contribution >= 0.6 is 0 Å². The highest BCUT2D eigenvalue weighted by Crippen LogP contribution is 2.27. The van der Waals surface area contributed by atoms with Crippen LogP contribution in [0.15, 0.2) is 59.5 Å². The highest BCUT2D eigenvalue weighted by atomic mass is 32.2. The van der Waals surface area contributed by atoms with Crippen molar-refractivity contribution in [3.63, 3.8) is 0 Å². The number of rotatable bonds is 5. The van der Waals surface area contributed by atoms with Crippen LogP contribution in [0.4, 0.5) is 0 Å². The highest BCUT2D eigenvalue weighted by molar-refractivity contribution is 7.92. The Bertz CT molecular complexity index is 1040. The summed E-state index contributed by atoms with van der Waals surface area (Å²) >= 11 is 0.